The van der Waals surface area contributed by atoms with Crippen LogP contribution in [-0.2, 0) is 23.7 Å². The Morgan fingerprint density at radius 1 is 1.05 bits per heavy atom. The molecule has 0 aromatic heterocycles. The van der Waals surface area contributed by atoms with Crippen LogP contribution in [0.4, 0.5) is 0 Å². The number of likely N-dealkylation sites (N-methyl/N-ethyl adjacent to an activating group) is 1. The number of cyclic esters (lactones) is 1. The molecule has 0 radical (unpaired) electrons. The maximum atomic E-state index is 13.5. The first-order valence-corrected chi connectivity index (χ1v) is 15.9. The van der Waals surface area contributed by atoms with Crippen LogP contribution in [0.5, 0.6) is 0 Å². The van der Waals surface area contributed by atoms with Crippen molar-refractivity contribution in [1.29, 1.82) is 0 Å². The molecule has 0 amide bonds. The van der Waals surface area contributed by atoms with E-state index < -0.39 is 59.7 Å². The van der Waals surface area contributed by atoms with Crippen molar-refractivity contribution in [2.75, 3.05) is 27.8 Å². The molecule has 2 rings (SSSR count). The molecule has 42 heavy (non-hydrogen) atoms. The molecule has 1 unspecified atom stereocenters. The van der Waals surface area contributed by atoms with Crippen molar-refractivity contribution >= 4 is 5.97 Å². The Morgan fingerprint density at radius 2 is 1.67 bits per heavy atom. The van der Waals surface area contributed by atoms with Gasteiger partial charge in [0.25, 0.3) is 0 Å². The summed E-state index contributed by atoms with van der Waals surface area (Å²) in [6.45, 7) is 15.0. The fraction of sp³-hybridized carbons (Fsp3) is 0.969. The Labute approximate surface area is 254 Å². The molecule has 0 aromatic carbocycles. The van der Waals surface area contributed by atoms with Gasteiger partial charge in [0.05, 0.1) is 29.8 Å². The zero-order chi connectivity index (χ0) is 32.2. The van der Waals surface area contributed by atoms with Crippen molar-refractivity contribution in [2.24, 2.45) is 29.6 Å². The fourth-order valence-corrected chi connectivity index (χ4v) is 7.68. The molecule has 0 bridgehead atoms. The van der Waals surface area contributed by atoms with Crippen molar-refractivity contribution in [2.45, 2.75) is 142 Å². The second-order valence-electron chi connectivity index (χ2n) is 14.0. The molecular formula is C32H61NO9. The molecule has 0 aliphatic carbocycles. The maximum absolute atomic E-state index is 13.5. The van der Waals surface area contributed by atoms with Crippen LogP contribution >= 0.6 is 0 Å². The summed E-state index contributed by atoms with van der Waals surface area (Å²) in [6, 6.07) is -0.179. The van der Waals surface area contributed by atoms with Gasteiger partial charge in [-0.2, -0.15) is 0 Å². The molecule has 2 saturated heterocycles. The van der Waals surface area contributed by atoms with Crippen LogP contribution in [0, 0.1) is 29.6 Å². The van der Waals surface area contributed by atoms with E-state index in [1.807, 2.05) is 46.7 Å². The highest BCUT2D eigenvalue weighted by Crippen LogP contribution is 2.42. The van der Waals surface area contributed by atoms with E-state index in [4.69, 9.17) is 18.9 Å². The third-order valence-corrected chi connectivity index (χ3v) is 10.2. The highest BCUT2D eigenvalue weighted by molar-refractivity contribution is 5.73. The fourth-order valence-electron chi connectivity index (χ4n) is 7.68. The summed E-state index contributed by atoms with van der Waals surface area (Å²) < 4.78 is 24.8. The summed E-state index contributed by atoms with van der Waals surface area (Å²) >= 11 is 0. The number of hydrogen-bond donors (Lipinski definition) is 4. The average Bonchev–Trinajstić information content (AvgIpc) is 2.92. The van der Waals surface area contributed by atoms with E-state index in [2.05, 4.69) is 13.8 Å². The number of carbonyl (C=O) groups excluding carboxylic acids is 1. The van der Waals surface area contributed by atoms with Crippen LogP contribution < -0.4 is 0 Å². The van der Waals surface area contributed by atoms with Crippen molar-refractivity contribution in [1.82, 2.24) is 4.90 Å². The Kier molecular flexibility index (Phi) is 13.7. The lowest BCUT2D eigenvalue weighted by atomic mass is 9.70. The topological polar surface area (TPSA) is 138 Å². The Hall–Kier alpha value is -0.850. The molecule has 0 spiro atoms. The van der Waals surface area contributed by atoms with Gasteiger partial charge in [-0.15, -0.1) is 0 Å². The van der Waals surface area contributed by atoms with Crippen LogP contribution in [0.25, 0.3) is 0 Å². The maximum Gasteiger partial charge on any atom is 0.311 e. The normalized spacial score (nSPS) is 46.7. The van der Waals surface area contributed by atoms with Crippen LogP contribution in [0.2, 0.25) is 0 Å². The summed E-state index contributed by atoms with van der Waals surface area (Å²) in [5, 5.41) is 44.5. The number of hydrogen-bond acceptors (Lipinski definition) is 10. The van der Waals surface area contributed by atoms with Crippen molar-refractivity contribution in [3.63, 3.8) is 0 Å². The van der Waals surface area contributed by atoms with Gasteiger partial charge in [-0.3, -0.25) is 4.79 Å². The number of carbonyl (C=O) groups is 1. The largest absolute Gasteiger partial charge is 0.459 e. The Morgan fingerprint density at radius 3 is 2.19 bits per heavy atom. The molecule has 2 fully saturated rings. The molecule has 2 aliphatic rings. The van der Waals surface area contributed by atoms with E-state index in [9.17, 15) is 25.2 Å². The highest BCUT2D eigenvalue weighted by atomic mass is 16.7. The van der Waals surface area contributed by atoms with Gasteiger partial charge in [0, 0.05) is 25.7 Å². The number of esters is 1. The predicted molar refractivity (Wildman–Crippen MR) is 161 cm³/mol. The smallest absolute Gasteiger partial charge is 0.311 e. The standard InChI is InChI=1S/C32H61NO9/c1-12-25-32(8,38)23(13-14-34)19(3)15-18(2)17-31(7,39-11)28(21(5)26(35)22(6)29(37)41-25)42-30-27(36)24(33(9)10)16-20(4)40-30/h18-28,30,34-36,38H,12-17H2,1-11H3/t18-,19?,20+,21-,22+,23+,24-,25+,26-,27+,28+,30-,31+,32-/m0/s1. The van der Waals surface area contributed by atoms with Crippen LogP contribution in [0.3, 0.4) is 0 Å². The summed E-state index contributed by atoms with van der Waals surface area (Å²) in [5.41, 5.74) is -2.30. The number of aliphatic hydroxyl groups is 4. The summed E-state index contributed by atoms with van der Waals surface area (Å²) in [6.07, 6.45) is -2.12. The molecule has 0 aromatic rings. The monoisotopic (exact) mass is 603 g/mol. The predicted octanol–water partition coefficient (Wildman–Crippen LogP) is 2.97. The van der Waals surface area contributed by atoms with Gasteiger partial charge in [0.15, 0.2) is 6.29 Å². The Bertz CT molecular complexity index is 841. The molecule has 2 aliphatic heterocycles. The lowest BCUT2D eigenvalue weighted by molar-refractivity contribution is -0.301. The molecule has 10 nitrogen and oxygen atoms in total. The molecule has 14 atom stereocenters. The number of methoxy groups -OCH3 is 1. The SMILES string of the molecule is CC[C@H]1OC(=O)[C@H](C)[C@@H](O)[C@H](C)[C@@H](O[C@@H]2O[C@H](C)C[C@H](N(C)C)[C@H]2O)[C@](C)(OC)C[C@@H](C)CC(C)[C@@H](CCO)[C@]1(C)O. The van der Waals surface area contributed by atoms with Crippen molar-refractivity contribution in [3.05, 3.63) is 0 Å². The van der Waals surface area contributed by atoms with Crippen LogP contribution in [0.1, 0.15) is 87.5 Å². The van der Waals surface area contributed by atoms with Gasteiger partial charge in [-0.25, -0.2) is 0 Å². The summed E-state index contributed by atoms with van der Waals surface area (Å²) in [5.74, 6) is -2.40. The molecule has 4 N–H and O–H groups in total. The van der Waals surface area contributed by atoms with Gasteiger partial charge in [0.1, 0.15) is 17.8 Å². The van der Waals surface area contributed by atoms with Gasteiger partial charge < -0.3 is 44.3 Å². The third-order valence-electron chi connectivity index (χ3n) is 10.2. The first kappa shape index (κ1) is 37.3. The quantitative estimate of drug-likeness (QED) is 0.321. The second kappa shape index (κ2) is 15.4. The molecule has 10 heteroatoms. The number of ether oxygens (including phenoxy) is 4. The zero-order valence-corrected chi connectivity index (χ0v) is 27.9. The summed E-state index contributed by atoms with van der Waals surface area (Å²) in [4.78, 5) is 15.4. The number of nitrogens with zero attached hydrogens (tertiary/aromatic N) is 1. The van der Waals surface area contributed by atoms with Crippen molar-refractivity contribution < 1.29 is 44.2 Å². The zero-order valence-electron chi connectivity index (χ0n) is 27.9. The lowest BCUT2D eigenvalue weighted by Gasteiger charge is -2.48. The number of rotatable bonds is 7. The van der Waals surface area contributed by atoms with E-state index in [1.54, 1.807) is 21.0 Å². The molecule has 2 heterocycles. The van der Waals surface area contributed by atoms with Crippen molar-refractivity contribution in [3.8, 4) is 0 Å². The minimum Gasteiger partial charge on any atom is -0.459 e. The van der Waals surface area contributed by atoms with E-state index in [-0.39, 0.29) is 36.5 Å². The van der Waals surface area contributed by atoms with Crippen LogP contribution in [0.15, 0.2) is 0 Å². The van der Waals surface area contributed by atoms with E-state index in [0.717, 1.165) is 0 Å². The third kappa shape index (κ3) is 8.44. The van der Waals surface area contributed by atoms with E-state index >= 15 is 0 Å². The average molecular weight is 604 g/mol. The highest BCUT2D eigenvalue weighted by Gasteiger charge is 2.50. The van der Waals surface area contributed by atoms with Gasteiger partial charge in [0.2, 0.25) is 0 Å². The van der Waals surface area contributed by atoms with Crippen LogP contribution in [-0.4, -0.2) is 113 Å². The van der Waals surface area contributed by atoms with Gasteiger partial charge in [-0.05, 0) is 91.6 Å². The first-order chi connectivity index (χ1) is 19.4. The van der Waals surface area contributed by atoms with Gasteiger partial charge >= 0.3 is 5.97 Å². The van der Waals surface area contributed by atoms with Gasteiger partial charge in [-0.1, -0.05) is 27.7 Å². The van der Waals surface area contributed by atoms with E-state index in [0.29, 0.717) is 32.1 Å². The number of aliphatic hydroxyl groups excluding tert-OH is 3. The Balaban J connectivity index is 2.58. The summed E-state index contributed by atoms with van der Waals surface area (Å²) in [7, 11) is 5.44. The first-order valence-electron chi connectivity index (χ1n) is 15.9. The lowest BCUT2D eigenvalue weighted by Crippen LogP contribution is -2.59. The second-order valence-corrected chi connectivity index (χ2v) is 14.0. The van der Waals surface area contributed by atoms with E-state index in [1.165, 1.54) is 0 Å². The molecular weight excluding hydrogens is 542 g/mol. The minimum absolute atomic E-state index is 0.0102. The molecule has 248 valence electrons. The molecule has 0 saturated carbocycles. The minimum atomic E-state index is -1.38.